The fourth-order valence-corrected chi connectivity index (χ4v) is 3.50. The van der Waals surface area contributed by atoms with E-state index in [1.54, 1.807) is 0 Å². The highest BCUT2D eigenvalue weighted by molar-refractivity contribution is 7.99. The predicted molar refractivity (Wildman–Crippen MR) is 62.4 cm³/mol. The van der Waals surface area contributed by atoms with Crippen LogP contribution in [0.1, 0.15) is 25.7 Å². The molecule has 0 radical (unpaired) electrons. The molecule has 1 amide bonds. The highest BCUT2D eigenvalue weighted by Gasteiger charge is 2.51. The molecule has 2 rings (SSSR count). The molecule has 1 saturated carbocycles. The molecule has 4 nitrogen and oxygen atoms in total. The summed E-state index contributed by atoms with van der Waals surface area (Å²) in [4.78, 5) is 22.9. The normalized spacial score (nSPS) is 27.1. The molecule has 5 heteroatoms. The van der Waals surface area contributed by atoms with E-state index in [2.05, 4.69) is 5.32 Å². The molecule has 1 atom stereocenters. The SMILES string of the molecule is O=C(O)C1(C(=O)NCC2CCSC2)CCC1. The highest BCUT2D eigenvalue weighted by Crippen LogP contribution is 2.41. The molecule has 0 aromatic carbocycles. The van der Waals surface area contributed by atoms with E-state index in [4.69, 9.17) is 5.11 Å². The van der Waals surface area contributed by atoms with Crippen LogP contribution >= 0.6 is 11.8 Å². The summed E-state index contributed by atoms with van der Waals surface area (Å²) in [6.45, 7) is 0.640. The van der Waals surface area contributed by atoms with E-state index < -0.39 is 11.4 Å². The third kappa shape index (κ3) is 2.05. The van der Waals surface area contributed by atoms with Gasteiger partial charge in [0.2, 0.25) is 5.91 Å². The number of rotatable bonds is 4. The van der Waals surface area contributed by atoms with E-state index >= 15 is 0 Å². The van der Waals surface area contributed by atoms with E-state index in [0.717, 1.165) is 24.3 Å². The Hall–Kier alpha value is -0.710. The zero-order valence-electron chi connectivity index (χ0n) is 9.20. The molecule has 0 spiro atoms. The van der Waals surface area contributed by atoms with E-state index in [9.17, 15) is 9.59 Å². The standard InChI is InChI=1S/C11H17NO3S/c13-9(11(10(14)15)3-1-4-11)12-6-8-2-5-16-7-8/h8H,1-7H2,(H,12,13)(H,14,15). The Kier molecular flexibility index (Phi) is 3.42. The minimum atomic E-state index is -1.11. The zero-order chi connectivity index (χ0) is 11.6. The van der Waals surface area contributed by atoms with Crippen molar-refractivity contribution in [3.8, 4) is 0 Å². The Morgan fingerprint density at radius 2 is 2.19 bits per heavy atom. The summed E-state index contributed by atoms with van der Waals surface area (Å²) in [7, 11) is 0. The minimum absolute atomic E-state index is 0.275. The molecule has 0 bridgehead atoms. The molecule has 1 aliphatic carbocycles. The van der Waals surface area contributed by atoms with Crippen molar-refractivity contribution in [2.45, 2.75) is 25.7 Å². The van der Waals surface area contributed by atoms with Crippen LogP contribution in [-0.2, 0) is 9.59 Å². The molecular weight excluding hydrogens is 226 g/mol. The molecule has 2 aliphatic rings. The van der Waals surface area contributed by atoms with Crippen molar-refractivity contribution in [2.75, 3.05) is 18.1 Å². The molecular formula is C11H17NO3S. The first-order valence-electron chi connectivity index (χ1n) is 5.74. The van der Waals surface area contributed by atoms with E-state index in [-0.39, 0.29) is 5.91 Å². The number of thioether (sulfide) groups is 1. The van der Waals surface area contributed by atoms with Crippen LogP contribution in [0.4, 0.5) is 0 Å². The van der Waals surface area contributed by atoms with Crippen molar-refractivity contribution in [2.24, 2.45) is 11.3 Å². The van der Waals surface area contributed by atoms with Crippen LogP contribution in [0.2, 0.25) is 0 Å². The summed E-state index contributed by atoms with van der Waals surface area (Å²) < 4.78 is 0. The predicted octanol–water partition coefficient (Wildman–Crippen LogP) is 1.11. The van der Waals surface area contributed by atoms with Crippen LogP contribution in [0.3, 0.4) is 0 Å². The molecule has 1 unspecified atom stereocenters. The first kappa shape index (κ1) is 11.8. The van der Waals surface area contributed by atoms with Crippen molar-refractivity contribution in [1.29, 1.82) is 0 Å². The maximum absolute atomic E-state index is 11.8. The number of carbonyl (C=O) groups excluding carboxylic acids is 1. The molecule has 16 heavy (non-hydrogen) atoms. The maximum atomic E-state index is 11.8. The van der Waals surface area contributed by atoms with Crippen molar-refractivity contribution in [3.63, 3.8) is 0 Å². The Bertz CT molecular complexity index is 296. The first-order valence-corrected chi connectivity index (χ1v) is 6.90. The van der Waals surface area contributed by atoms with Crippen molar-refractivity contribution in [3.05, 3.63) is 0 Å². The molecule has 2 N–H and O–H groups in total. The number of hydrogen-bond donors (Lipinski definition) is 2. The minimum Gasteiger partial charge on any atom is -0.480 e. The summed E-state index contributed by atoms with van der Waals surface area (Å²) in [6.07, 6.45) is 2.96. The molecule has 2 fully saturated rings. The van der Waals surface area contributed by atoms with Crippen LogP contribution in [0.5, 0.6) is 0 Å². The van der Waals surface area contributed by atoms with Gasteiger partial charge in [-0.1, -0.05) is 6.42 Å². The van der Waals surface area contributed by atoms with E-state index in [1.807, 2.05) is 11.8 Å². The third-order valence-electron chi connectivity index (χ3n) is 3.63. The van der Waals surface area contributed by atoms with Crippen LogP contribution < -0.4 is 5.32 Å². The van der Waals surface area contributed by atoms with Gasteiger partial charge in [-0.25, -0.2) is 0 Å². The second-order valence-electron chi connectivity index (χ2n) is 4.68. The Morgan fingerprint density at radius 1 is 1.44 bits per heavy atom. The number of aliphatic carboxylic acids is 1. The molecule has 0 aromatic rings. The zero-order valence-corrected chi connectivity index (χ0v) is 10.0. The van der Waals surface area contributed by atoms with Gasteiger partial charge in [0.1, 0.15) is 5.41 Å². The fraction of sp³-hybridized carbons (Fsp3) is 0.818. The first-order chi connectivity index (χ1) is 7.65. The summed E-state index contributed by atoms with van der Waals surface area (Å²) in [5, 5.41) is 11.9. The quantitative estimate of drug-likeness (QED) is 0.726. The van der Waals surface area contributed by atoms with Gasteiger partial charge in [-0.3, -0.25) is 9.59 Å². The Balaban J connectivity index is 1.84. The fourth-order valence-electron chi connectivity index (χ4n) is 2.22. The number of carboxylic acids is 1. The molecule has 1 aliphatic heterocycles. The van der Waals surface area contributed by atoms with E-state index in [0.29, 0.717) is 25.3 Å². The van der Waals surface area contributed by atoms with Gasteiger partial charge in [0.15, 0.2) is 0 Å². The van der Waals surface area contributed by atoms with Gasteiger partial charge in [-0.05, 0) is 36.7 Å². The lowest BCUT2D eigenvalue weighted by atomic mass is 9.68. The van der Waals surface area contributed by atoms with Gasteiger partial charge in [-0.2, -0.15) is 11.8 Å². The summed E-state index contributed by atoms with van der Waals surface area (Å²) in [5.41, 5.74) is -1.11. The van der Waals surface area contributed by atoms with Gasteiger partial charge in [0.05, 0.1) is 0 Å². The van der Waals surface area contributed by atoms with Gasteiger partial charge in [-0.15, -0.1) is 0 Å². The van der Waals surface area contributed by atoms with Gasteiger partial charge in [0, 0.05) is 6.54 Å². The number of nitrogens with one attached hydrogen (secondary N) is 1. The highest BCUT2D eigenvalue weighted by atomic mass is 32.2. The van der Waals surface area contributed by atoms with Crippen LogP contribution in [0.15, 0.2) is 0 Å². The lowest BCUT2D eigenvalue weighted by Crippen LogP contribution is -2.51. The second-order valence-corrected chi connectivity index (χ2v) is 5.83. The number of hydrogen-bond acceptors (Lipinski definition) is 3. The largest absolute Gasteiger partial charge is 0.480 e. The molecule has 1 heterocycles. The van der Waals surface area contributed by atoms with Gasteiger partial charge >= 0.3 is 5.97 Å². The number of amides is 1. The summed E-state index contributed by atoms with van der Waals surface area (Å²) >= 11 is 1.90. The third-order valence-corrected chi connectivity index (χ3v) is 4.86. The van der Waals surface area contributed by atoms with Gasteiger partial charge < -0.3 is 10.4 Å². The Morgan fingerprint density at radius 3 is 2.62 bits per heavy atom. The van der Waals surface area contributed by atoms with Crippen molar-refractivity contribution < 1.29 is 14.7 Å². The lowest BCUT2D eigenvalue weighted by molar-refractivity contribution is -0.162. The summed E-state index contributed by atoms with van der Waals surface area (Å²) in [5.74, 6) is 1.53. The number of carboxylic acid groups (broad SMARTS) is 1. The van der Waals surface area contributed by atoms with Crippen LogP contribution in [0, 0.1) is 11.3 Å². The molecule has 90 valence electrons. The average molecular weight is 243 g/mol. The van der Waals surface area contributed by atoms with Crippen molar-refractivity contribution in [1.82, 2.24) is 5.32 Å². The lowest BCUT2D eigenvalue weighted by Gasteiger charge is -2.36. The number of carbonyl (C=O) groups is 2. The molecule has 0 aromatic heterocycles. The van der Waals surface area contributed by atoms with Crippen LogP contribution in [-0.4, -0.2) is 35.0 Å². The Labute approximate surface area is 99.2 Å². The van der Waals surface area contributed by atoms with Crippen molar-refractivity contribution >= 4 is 23.6 Å². The monoisotopic (exact) mass is 243 g/mol. The molecule has 1 saturated heterocycles. The van der Waals surface area contributed by atoms with E-state index in [1.165, 1.54) is 0 Å². The maximum Gasteiger partial charge on any atom is 0.319 e. The smallest absolute Gasteiger partial charge is 0.319 e. The average Bonchev–Trinajstić information content (AvgIpc) is 2.64. The topological polar surface area (TPSA) is 66.4 Å². The van der Waals surface area contributed by atoms with Gasteiger partial charge in [0.25, 0.3) is 0 Å². The summed E-state index contributed by atoms with van der Waals surface area (Å²) in [6, 6.07) is 0. The van der Waals surface area contributed by atoms with Crippen LogP contribution in [0.25, 0.3) is 0 Å². The second kappa shape index (κ2) is 4.65.